The van der Waals surface area contributed by atoms with Gasteiger partial charge >= 0.3 is 6.18 Å². The zero-order valence-electron chi connectivity index (χ0n) is 17.2. The second-order valence-electron chi connectivity index (χ2n) is 7.36. The largest absolute Gasteiger partial charge is 0.419 e. The normalized spacial score (nSPS) is 11.7. The number of carbonyl (C=O) groups excluding carboxylic acids is 1. The smallest absolute Gasteiger partial charge is 0.326 e. The van der Waals surface area contributed by atoms with Gasteiger partial charge in [-0.1, -0.05) is 17.7 Å². The van der Waals surface area contributed by atoms with E-state index in [-0.39, 0.29) is 24.0 Å². The molecule has 2 heterocycles. The maximum atomic E-state index is 13.4. The van der Waals surface area contributed by atoms with Crippen LogP contribution < -0.4 is 10.9 Å². The maximum absolute atomic E-state index is 13.4. The van der Waals surface area contributed by atoms with Gasteiger partial charge in [0.05, 0.1) is 23.8 Å². The van der Waals surface area contributed by atoms with Gasteiger partial charge in [0.2, 0.25) is 5.91 Å². The molecule has 0 radical (unpaired) electrons. The van der Waals surface area contributed by atoms with Gasteiger partial charge in [-0.15, -0.1) is 0 Å². The van der Waals surface area contributed by atoms with E-state index >= 15 is 0 Å². The Labute approximate surface area is 184 Å². The van der Waals surface area contributed by atoms with Crippen LogP contribution in [0.2, 0.25) is 0 Å². The lowest BCUT2D eigenvalue weighted by atomic mass is 10.1. The summed E-state index contributed by atoms with van der Waals surface area (Å²) in [5.41, 5.74) is 0.0739. The molecule has 0 spiro atoms. The number of aromatic nitrogens is 4. The summed E-state index contributed by atoms with van der Waals surface area (Å²) in [4.78, 5) is 29.2. The molecule has 0 aliphatic rings. The van der Waals surface area contributed by atoms with Gasteiger partial charge in [-0.25, -0.2) is 14.1 Å². The number of nitrogens with one attached hydrogen (secondary N) is 1. The fraction of sp³-hybridized carbons (Fsp3) is 0.182. The van der Waals surface area contributed by atoms with Crippen molar-refractivity contribution in [2.45, 2.75) is 26.1 Å². The lowest BCUT2D eigenvalue weighted by molar-refractivity contribution is -0.140. The number of alkyl halides is 3. The predicted octanol–water partition coefficient (Wildman–Crippen LogP) is 4.08. The number of halogens is 4. The van der Waals surface area contributed by atoms with Gasteiger partial charge in [-0.3, -0.25) is 14.2 Å². The summed E-state index contributed by atoms with van der Waals surface area (Å²) in [5.74, 6) is -2.07. The summed E-state index contributed by atoms with van der Waals surface area (Å²) in [6.45, 7) is 1.89. The van der Waals surface area contributed by atoms with Crippen LogP contribution in [0.1, 0.15) is 17.5 Å². The Morgan fingerprint density at radius 1 is 1.12 bits per heavy atom. The van der Waals surface area contributed by atoms with Crippen molar-refractivity contribution >= 4 is 22.6 Å². The summed E-state index contributed by atoms with van der Waals surface area (Å²) in [6, 6.07) is 9.68. The number of fused-ring (bicyclic) bond motifs is 1. The zero-order chi connectivity index (χ0) is 23.8. The molecule has 0 saturated heterocycles. The monoisotopic (exact) mass is 459 g/mol. The number of benzene rings is 2. The van der Waals surface area contributed by atoms with Crippen molar-refractivity contribution in [2.75, 3.05) is 5.32 Å². The molecule has 33 heavy (non-hydrogen) atoms. The lowest BCUT2D eigenvalue weighted by Crippen LogP contribution is -2.23. The van der Waals surface area contributed by atoms with Crippen molar-refractivity contribution < 1.29 is 22.4 Å². The number of hydrogen-bond acceptors (Lipinski definition) is 4. The Kier molecular flexibility index (Phi) is 5.71. The third-order valence-corrected chi connectivity index (χ3v) is 4.97. The number of nitrogens with zero attached hydrogens (tertiary/aromatic N) is 4. The number of aryl methyl sites for hydroxylation is 2. The van der Waals surface area contributed by atoms with Gasteiger partial charge in [-0.05, 0) is 37.3 Å². The second-order valence-corrected chi connectivity index (χ2v) is 7.36. The molecular formula is C22H17F4N5O2. The first-order valence-corrected chi connectivity index (χ1v) is 9.80. The van der Waals surface area contributed by atoms with Crippen molar-refractivity contribution in [2.24, 2.45) is 0 Å². The number of anilines is 1. The van der Waals surface area contributed by atoms with E-state index in [2.05, 4.69) is 15.4 Å². The summed E-state index contributed by atoms with van der Waals surface area (Å²) in [7, 11) is 0. The highest BCUT2D eigenvalue weighted by molar-refractivity contribution is 5.90. The van der Waals surface area contributed by atoms with Crippen LogP contribution in [0, 0.1) is 12.7 Å². The van der Waals surface area contributed by atoms with Crippen molar-refractivity contribution in [1.82, 2.24) is 19.3 Å². The SMILES string of the molecule is Cc1ccc(-n2ncc3c(=O)n(CCC(=O)Nc4ccc(F)c(C(F)(F)F)c4)cnc32)cc1. The minimum atomic E-state index is -4.89. The van der Waals surface area contributed by atoms with E-state index < -0.39 is 29.0 Å². The maximum Gasteiger partial charge on any atom is 0.419 e. The van der Waals surface area contributed by atoms with E-state index in [0.29, 0.717) is 17.8 Å². The van der Waals surface area contributed by atoms with Crippen LogP contribution in [-0.2, 0) is 17.5 Å². The molecule has 0 aliphatic carbocycles. The molecule has 0 saturated carbocycles. The molecule has 1 N–H and O–H groups in total. The molecule has 170 valence electrons. The summed E-state index contributed by atoms with van der Waals surface area (Å²) in [5, 5.41) is 6.76. The molecule has 1 amide bonds. The van der Waals surface area contributed by atoms with E-state index in [1.807, 2.05) is 31.2 Å². The average molecular weight is 459 g/mol. The molecule has 4 aromatic rings. The van der Waals surface area contributed by atoms with Crippen LogP contribution in [0.3, 0.4) is 0 Å². The zero-order valence-corrected chi connectivity index (χ0v) is 17.2. The predicted molar refractivity (Wildman–Crippen MR) is 113 cm³/mol. The molecule has 11 heteroatoms. The molecule has 2 aromatic carbocycles. The fourth-order valence-corrected chi connectivity index (χ4v) is 3.25. The molecule has 0 aliphatic heterocycles. The van der Waals surface area contributed by atoms with Crippen molar-refractivity contribution in [3.05, 3.63) is 82.3 Å². The molecule has 0 fully saturated rings. The first kappa shape index (κ1) is 22.2. The van der Waals surface area contributed by atoms with Gasteiger partial charge in [0.1, 0.15) is 11.2 Å². The highest BCUT2D eigenvalue weighted by Crippen LogP contribution is 2.33. The number of rotatable bonds is 5. The van der Waals surface area contributed by atoms with Crippen molar-refractivity contribution in [3.63, 3.8) is 0 Å². The quantitative estimate of drug-likeness (QED) is 0.456. The summed E-state index contributed by atoms with van der Waals surface area (Å²) in [6.07, 6.45) is -2.43. The highest BCUT2D eigenvalue weighted by atomic mass is 19.4. The van der Waals surface area contributed by atoms with E-state index in [1.165, 1.54) is 21.8 Å². The topological polar surface area (TPSA) is 81.8 Å². The Morgan fingerprint density at radius 3 is 2.55 bits per heavy atom. The summed E-state index contributed by atoms with van der Waals surface area (Å²) >= 11 is 0. The minimum absolute atomic E-state index is 0.0589. The van der Waals surface area contributed by atoms with E-state index in [0.717, 1.165) is 17.3 Å². The standard InChI is InChI=1S/C22H17F4N5O2/c1-13-2-5-15(6-3-13)31-20-16(11-28-31)21(33)30(12-27-20)9-8-19(32)29-14-4-7-18(23)17(10-14)22(24,25)26/h2-7,10-12H,8-9H2,1H3,(H,29,32). The fourth-order valence-electron chi connectivity index (χ4n) is 3.25. The molecule has 0 unspecified atom stereocenters. The lowest BCUT2D eigenvalue weighted by Gasteiger charge is -2.11. The molecule has 2 aromatic heterocycles. The van der Waals surface area contributed by atoms with Gasteiger partial charge in [-0.2, -0.15) is 18.3 Å². The molecule has 0 atom stereocenters. The number of amides is 1. The Bertz CT molecular complexity index is 1390. The molecule has 0 bridgehead atoms. The minimum Gasteiger partial charge on any atom is -0.326 e. The molecule has 4 rings (SSSR count). The van der Waals surface area contributed by atoms with Crippen LogP contribution in [0.15, 0.2) is 59.8 Å². The first-order chi connectivity index (χ1) is 15.6. The van der Waals surface area contributed by atoms with E-state index in [4.69, 9.17) is 0 Å². The molecule has 7 nitrogen and oxygen atoms in total. The molecular weight excluding hydrogens is 442 g/mol. The second kappa shape index (κ2) is 8.49. The van der Waals surface area contributed by atoms with Crippen LogP contribution in [0.25, 0.3) is 16.7 Å². The third-order valence-electron chi connectivity index (χ3n) is 4.97. The van der Waals surface area contributed by atoms with Gasteiger partial charge in [0.15, 0.2) is 5.65 Å². The average Bonchev–Trinajstić information content (AvgIpc) is 3.19. The van der Waals surface area contributed by atoms with Gasteiger partial charge in [0, 0.05) is 18.7 Å². The Morgan fingerprint density at radius 2 is 1.85 bits per heavy atom. The van der Waals surface area contributed by atoms with Gasteiger partial charge < -0.3 is 5.32 Å². The summed E-state index contributed by atoms with van der Waals surface area (Å²) < 4.78 is 54.6. The van der Waals surface area contributed by atoms with Gasteiger partial charge in [0.25, 0.3) is 5.56 Å². The number of carbonyl (C=O) groups is 1. The van der Waals surface area contributed by atoms with Crippen molar-refractivity contribution in [3.8, 4) is 5.69 Å². The highest BCUT2D eigenvalue weighted by Gasteiger charge is 2.34. The third kappa shape index (κ3) is 4.61. The number of hydrogen-bond donors (Lipinski definition) is 1. The van der Waals surface area contributed by atoms with Crippen LogP contribution in [-0.4, -0.2) is 25.2 Å². The first-order valence-electron chi connectivity index (χ1n) is 9.80. The Hall–Kier alpha value is -4.02. The van der Waals surface area contributed by atoms with Crippen molar-refractivity contribution in [1.29, 1.82) is 0 Å². The van der Waals surface area contributed by atoms with E-state index in [9.17, 15) is 27.2 Å². The van der Waals surface area contributed by atoms with Crippen LogP contribution in [0.4, 0.5) is 23.2 Å². The van der Waals surface area contributed by atoms with E-state index in [1.54, 1.807) is 0 Å². The van der Waals surface area contributed by atoms with Crippen LogP contribution in [0.5, 0.6) is 0 Å². The Balaban J connectivity index is 1.49. The van der Waals surface area contributed by atoms with Crippen LogP contribution >= 0.6 is 0 Å².